The van der Waals surface area contributed by atoms with Crippen molar-refractivity contribution in [3.63, 3.8) is 0 Å². The number of halogens is 1. The number of rotatable bonds is 8. The highest BCUT2D eigenvalue weighted by Gasteiger charge is 2.44. The van der Waals surface area contributed by atoms with Crippen molar-refractivity contribution in [1.82, 2.24) is 24.8 Å². The van der Waals surface area contributed by atoms with Crippen LogP contribution in [0.4, 0.5) is 0 Å². The van der Waals surface area contributed by atoms with Crippen molar-refractivity contribution < 1.29 is 29.0 Å². The number of aromatic nitrogens is 3. The van der Waals surface area contributed by atoms with E-state index in [1.807, 2.05) is 60.5 Å². The lowest BCUT2D eigenvalue weighted by molar-refractivity contribution is -0.153. The topological polar surface area (TPSA) is 127 Å². The molecule has 0 saturated heterocycles. The van der Waals surface area contributed by atoms with E-state index < -0.39 is 23.8 Å². The Kier molecular flexibility index (Phi) is 8.37. The molecule has 47 heavy (non-hydrogen) atoms. The molecule has 0 spiro atoms. The van der Waals surface area contributed by atoms with E-state index in [0.29, 0.717) is 54.9 Å². The van der Waals surface area contributed by atoms with Gasteiger partial charge in [-0.1, -0.05) is 52.2 Å². The van der Waals surface area contributed by atoms with Gasteiger partial charge in [0.1, 0.15) is 29.1 Å². The van der Waals surface area contributed by atoms with Gasteiger partial charge < -0.3 is 24.4 Å². The Morgan fingerprint density at radius 3 is 2.62 bits per heavy atom. The van der Waals surface area contributed by atoms with Crippen LogP contribution in [0.25, 0.3) is 11.0 Å². The molecule has 1 aliphatic carbocycles. The standard InChI is InChI=1S/C35H36BrN5O6/c1-39-32-27(37-38-39)15-20(16-30(32)46-2)19-47-29-12-11-26(36)25-13-14-41(34(43)23-9-5-6-10-24(23)35(44)45)28(31(25)29)18-40-17-21-7-3-4-8-22(21)33(40)42/h3-4,7-8,11-12,15-16,23-24,28H,5-6,9-10,13-14,17-19H2,1-2H3,(H,44,45)/t23?,24?,28-/m1/s1. The van der Waals surface area contributed by atoms with Gasteiger partial charge in [-0.15, -0.1) is 5.10 Å². The largest absolute Gasteiger partial charge is 0.494 e. The summed E-state index contributed by atoms with van der Waals surface area (Å²) in [5.74, 6) is -1.27. The van der Waals surface area contributed by atoms with Crippen molar-refractivity contribution in [3.8, 4) is 11.5 Å². The minimum Gasteiger partial charge on any atom is -0.494 e. The highest BCUT2D eigenvalue weighted by Crippen LogP contribution is 2.44. The quantitative estimate of drug-likeness (QED) is 0.263. The molecular weight excluding hydrogens is 666 g/mol. The summed E-state index contributed by atoms with van der Waals surface area (Å²) in [5.41, 5.74) is 5.76. The molecule has 2 unspecified atom stereocenters. The lowest BCUT2D eigenvalue weighted by Gasteiger charge is -2.43. The van der Waals surface area contributed by atoms with Gasteiger partial charge in [0.05, 0.1) is 25.0 Å². The molecule has 2 amide bonds. The van der Waals surface area contributed by atoms with Crippen molar-refractivity contribution in [2.24, 2.45) is 18.9 Å². The number of carbonyl (C=O) groups excluding carboxylic acids is 2. The number of aliphatic carboxylic acids is 1. The van der Waals surface area contributed by atoms with Crippen molar-refractivity contribution in [2.75, 3.05) is 20.2 Å². The van der Waals surface area contributed by atoms with Crippen molar-refractivity contribution in [2.45, 2.75) is 51.3 Å². The first kappa shape index (κ1) is 31.2. The summed E-state index contributed by atoms with van der Waals surface area (Å²) in [6.07, 6.45) is 3.19. The number of benzene rings is 3. The van der Waals surface area contributed by atoms with E-state index in [4.69, 9.17) is 9.47 Å². The predicted molar refractivity (Wildman–Crippen MR) is 176 cm³/mol. The van der Waals surface area contributed by atoms with Crippen LogP contribution in [-0.4, -0.2) is 67.9 Å². The second kappa shape index (κ2) is 12.6. The molecule has 11 nitrogen and oxygen atoms in total. The molecule has 3 aromatic carbocycles. The Labute approximate surface area is 280 Å². The normalized spacial score (nSPS) is 20.7. The maximum atomic E-state index is 14.4. The first-order valence-corrected chi connectivity index (χ1v) is 16.7. The minimum atomic E-state index is -0.926. The molecule has 244 valence electrons. The molecular formula is C35H36BrN5O6. The SMILES string of the molecule is COc1cc(COc2ccc(Br)c3c2[C@@H](CN2Cc4ccccc4C2=O)N(C(=O)C2CCCCC2C(=O)O)CC3)cc2nnn(C)c12. The average Bonchev–Trinajstić information content (AvgIpc) is 3.62. The Balaban J connectivity index is 1.26. The smallest absolute Gasteiger partial charge is 0.307 e. The van der Waals surface area contributed by atoms with E-state index in [2.05, 4.69) is 26.2 Å². The molecule has 1 N–H and O–H groups in total. The van der Waals surface area contributed by atoms with Gasteiger partial charge in [-0.3, -0.25) is 14.4 Å². The van der Waals surface area contributed by atoms with E-state index >= 15 is 0 Å². The molecule has 0 radical (unpaired) electrons. The fraction of sp³-hybridized carbons (Fsp3) is 0.400. The third-order valence-corrected chi connectivity index (χ3v) is 10.6. The lowest BCUT2D eigenvalue weighted by Crippen LogP contribution is -2.50. The summed E-state index contributed by atoms with van der Waals surface area (Å²) in [7, 11) is 3.41. The number of carboxylic acids is 1. The molecule has 1 saturated carbocycles. The Morgan fingerprint density at radius 2 is 1.85 bits per heavy atom. The Bertz CT molecular complexity index is 1890. The first-order chi connectivity index (χ1) is 22.7. The summed E-state index contributed by atoms with van der Waals surface area (Å²) < 4.78 is 14.7. The van der Waals surface area contributed by atoms with Crippen LogP contribution in [0, 0.1) is 11.8 Å². The summed E-state index contributed by atoms with van der Waals surface area (Å²) in [6.45, 7) is 1.31. The number of methoxy groups -OCH3 is 1. The summed E-state index contributed by atoms with van der Waals surface area (Å²) in [4.78, 5) is 43.9. The number of aryl methyl sites for hydroxylation is 1. The van der Waals surface area contributed by atoms with Gasteiger partial charge in [0.25, 0.3) is 5.91 Å². The fourth-order valence-electron chi connectivity index (χ4n) is 7.58. The Hall–Kier alpha value is -4.45. The van der Waals surface area contributed by atoms with Crippen molar-refractivity contribution >= 4 is 44.7 Å². The predicted octanol–water partition coefficient (Wildman–Crippen LogP) is 5.29. The molecule has 3 atom stereocenters. The van der Waals surface area contributed by atoms with Crippen LogP contribution in [0.1, 0.15) is 64.3 Å². The van der Waals surface area contributed by atoms with Crippen LogP contribution in [0.3, 0.4) is 0 Å². The number of hydrogen-bond acceptors (Lipinski definition) is 7. The highest BCUT2D eigenvalue weighted by molar-refractivity contribution is 9.10. The number of amides is 2. The van der Waals surface area contributed by atoms with Gasteiger partial charge in [-0.2, -0.15) is 0 Å². The van der Waals surface area contributed by atoms with Crippen LogP contribution >= 0.6 is 15.9 Å². The minimum absolute atomic E-state index is 0.0805. The summed E-state index contributed by atoms with van der Waals surface area (Å²) in [5, 5.41) is 18.4. The molecule has 3 aliphatic rings. The second-order valence-electron chi connectivity index (χ2n) is 12.6. The number of carboxylic acid groups (broad SMARTS) is 1. The van der Waals surface area contributed by atoms with Crippen LogP contribution in [0.5, 0.6) is 11.5 Å². The van der Waals surface area contributed by atoms with E-state index in [0.717, 1.165) is 45.1 Å². The monoisotopic (exact) mass is 701 g/mol. The molecule has 12 heteroatoms. The average molecular weight is 703 g/mol. The van der Waals surface area contributed by atoms with Crippen molar-refractivity contribution in [3.05, 3.63) is 80.8 Å². The van der Waals surface area contributed by atoms with E-state index in [1.165, 1.54) is 0 Å². The molecule has 0 bridgehead atoms. The molecule has 3 heterocycles. The van der Waals surface area contributed by atoms with Gasteiger partial charge in [0.2, 0.25) is 5.91 Å². The van der Waals surface area contributed by atoms with Gasteiger partial charge in [0, 0.05) is 42.3 Å². The molecule has 4 aromatic rings. The Morgan fingerprint density at radius 1 is 1.06 bits per heavy atom. The second-order valence-corrected chi connectivity index (χ2v) is 13.4. The van der Waals surface area contributed by atoms with Crippen LogP contribution in [-0.2, 0) is 36.2 Å². The first-order valence-electron chi connectivity index (χ1n) is 16.0. The number of ether oxygens (including phenoxy) is 2. The molecule has 7 rings (SSSR count). The van der Waals surface area contributed by atoms with Crippen molar-refractivity contribution in [1.29, 1.82) is 0 Å². The third-order valence-electron chi connectivity index (χ3n) is 9.88. The molecule has 2 aliphatic heterocycles. The number of hydrogen-bond donors (Lipinski definition) is 1. The zero-order chi connectivity index (χ0) is 32.8. The van der Waals surface area contributed by atoms with E-state index in [-0.39, 0.29) is 25.0 Å². The zero-order valence-electron chi connectivity index (χ0n) is 26.3. The fourth-order valence-corrected chi connectivity index (χ4v) is 8.12. The van der Waals surface area contributed by atoms with E-state index in [1.54, 1.807) is 16.7 Å². The number of fused-ring (bicyclic) bond motifs is 3. The maximum absolute atomic E-state index is 14.4. The highest BCUT2D eigenvalue weighted by atomic mass is 79.9. The third kappa shape index (κ3) is 5.62. The summed E-state index contributed by atoms with van der Waals surface area (Å²) >= 11 is 3.75. The van der Waals surface area contributed by atoms with E-state index in [9.17, 15) is 19.5 Å². The molecule has 1 aromatic heterocycles. The van der Waals surface area contributed by atoms with Crippen LogP contribution in [0.2, 0.25) is 0 Å². The molecule has 1 fully saturated rings. The number of carbonyl (C=O) groups is 3. The van der Waals surface area contributed by atoms with Gasteiger partial charge in [-0.05, 0) is 66.3 Å². The van der Waals surface area contributed by atoms with Gasteiger partial charge in [-0.25, -0.2) is 4.68 Å². The zero-order valence-corrected chi connectivity index (χ0v) is 27.9. The maximum Gasteiger partial charge on any atom is 0.307 e. The number of nitrogens with zero attached hydrogens (tertiary/aromatic N) is 5. The van der Waals surface area contributed by atoms with Crippen LogP contribution < -0.4 is 9.47 Å². The van der Waals surface area contributed by atoms with Crippen LogP contribution in [0.15, 0.2) is 53.0 Å². The van der Waals surface area contributed by atoms with Gasteiger partial charge in [0.15, 0.2) is 0 Å². The lowest BCUT2D eigenvalue weighted by atomic mass is 9.77. The van der Waals surface area contributed by atoms with Gasteiger partial charge >= 0.3 is 5.97 Å². The summed E-state index contributed by atoms with van der Waals surface area (Å²) in [6, 6.07) is 14.7.